The molecular weight excluding hydrogens is 466 g/mol. The summed E-state index contributed by atoms with van der Waals surface area (Å²) in [6.45, 7) is 0.310. The summed E-state index contributed by atoms with van der Waals surface area (Å²) in [5, 5.41) is 13.7. The van der Waals surface area contributed by atoms with E-state index < -0.39 is 11.5 Å². The molecule has 0 radical (unpaired) electrons. The Hall–Kier alpha value is -3.28. The van der Waals surface area contributed by atoms with Gasteiger partial charge < -0.3 is 10.0 Å². The Kier molecular flexibility index (Phi) is 5.16. The summed E-state index contributed by atoms with van der Waals surface area (Å²) in [6, 6.07) is 28.1. The molecule has 1 heterocycles. The van der Waals surface area contributed by atoms with Crippen molar-refractivity contribution in [2.45, 2.75) is 18.6 Å². The largest absolute Gasteiger partial charge is 0.375 e. The molecular formula is C27H20BrNO3. The number of halogens is 1. The zero-order valence-corrected chi connectivity index (χ0v) is 18.7. The molecule has 0 bridgehead atoms. The number of ketones is 1. The van der Waals surface area contributed by atoms with Crippen LogP contribution in [-0.2, 0) is 16.9 Å². The number of carbonyl (C=O) groups is 2. The molecule has 5 heteroatoms. The number of anilines is 1. The molecule has 0 saturated heterocycles. The number of Topliss-reactive ketones (excluding diaryl/α,β-unsaturated/α-hetero) is 1. The highest BCUT2D eigenvalue weighted by molar-refractivity contribution is 9.10. The van der Waals surface area contributed by atoms with Crippen molar-refractivity contribution in [3.05, 3.63) is 112 Å². The average Bonchev–Trinajstić information content (AvgIpc) is 3.01. The van der Waals surface area contributed by atoms with Gasteiger partial charge in [0.1, 0.15) is 0 Å². The summed E-state index contributed by atoms with van der Waals surface area (Å²) >= 11 is 3.37. The molecule has 0 unspecified atom stereocenters. The van der Waals surface area contributed by atoms with Gasteiger partial charge >= 0.3 is 0 Å². The monoisotopic (exact) mass is 485 g/mol. The zero-order valence-electron chi connectivity index (χ0n) is 17.2. The molecule has 0 saturated carbocycles. The van der Waals surface area contributed by atoms with Crippen molar-refractivity contribution in [1.82, 2.24) is 0 Å². The molecule has 4 nitrogen and oxygen atoms in total. The minimum atomic E-state index is -1.90. The second-order valence-electron chi connectivity index (χ2n) is 8.02. The van der Waals surface area contributed by atoms with Gasteiger partial charge in [0.05, 0.1) is 18.7 Å². The van der Waals surface area contributed by atoms with Crippen molar-refractivity contribution in [1.29, 1.82) is 0 Å². The topological polar surface area (TPSA) is 57.6 Å². The van der Waals surface area contributed by atoms with Gasteiger partial charge in [-0.2, -0.15) is 0 Å². The second-order valence-corrected chi connectivity index (χ2v) is 8.93. The lowest BCUT2D eigenvalue weighted by molar-refractivity contribution is -0.136. The number of hydrogen-bond donors (Lipinski definition) is 1. The normalized spacial score (nSPS) is 17.6. The summed E-state index contributed by atoms with van der Waals surface area (Å²) in [5.74, 6) is -0.765. The number of amides is 1. The van der Waals surface area contributed by atoms with Gasteiger partial charge in [-0.15, -0.1) is 0 Å². The Morgan fingerprint density at radius 3 is 2.47 bits per heavy atom. The predicted octanol–water partition coefficient (Wildman–Crippen LogP) is 5.61. The van der Waals surface area contributed by atoms with Gasteiger partial charge in [0.2, 0.25) is 0 Å². The number of nitrogens with zero attached hydrogens (tertiary/aromatic N) is 1. The molecule has 1 N–H and O–H groups in total. The van der Waals surface area contributed by atoms with Crippen LogP contribution in [0.3, 0.4) is 0 Å². The van der Waals surface area contributed by atoms with Crippen LogP contribution in [0.4, 0.5) is 5.69 Å². The Morgan fingerprint density at radius 2 is 1.62 bits per heavy atom. The molecule has 0 spiro atoms. The fourth-order valence-electron chi connectivity index (χ4n) is 4.43. The van der Waals surface area contributed by atoms with E-state index in [-0.39, 0.29) is 12.2 Å². The van der Waals surface area contributed by atoms with Gasteiger partial charge in [0.15, 0.2) is 11.4 Å². The average molecular weight is 486 g/mol. The van der Waals surface area contributed by atoms with Crippen LogP contribution in [-0.4, -0.2) is 16.8 Å². The number of benzene rings is 4. The zero-order chi connectivity index (χ0) is 22.3. The molecule has 4 aromatic rings. The smallest absolute Gasteiger partial charge is 0.264 e. The fourth-order valence-corrected chi connectivity index (χ4v) is 4.83. The molecule has 1 aliphatic rings. The Labute approximate surface area is 194 Å². The van der Waals surface area contributed by atoms with Crippen molar-refractivity contribution in [2.75, 3.05) is 4.90 Å². The maximum Gasteiger partial charge on any atom is 0.264 e. The molecule has 5 rings (SSSR count). The Morgan fingerprint density at radius 1 is 0.906 bits per heavy atom. The molecule has 1 amide bonds. The number of para-hydroxylation sites is 1. The van der Waals surface area contributed by atoms with Crippen LogP contribution in [0.1, 0.15) is 27.9 Å². The second kappa shape index (κ2) is 8.01. The third-order valence-electron chi connectivity index (χ3n) is 6.01. The van der Waals surface area contributed by atoms with E-state index in [0.717, 1.165) is 20.8 Å². The van der Waals surface area contributed by atoms with E-state index in [1.54, 1.807) is 35.2 Å². The lowest BCUT2D eigenvalue weighted by atomic mass is 9.88. The van der Waals surface area contributed by atoms with Crippen molar-refractivity contribution >= 4 is 44.1 Å². The maximum absolute atomic E-state index is 13.6. The van der Waals surface area contributed by atoms with Crippen LogP contribution in [0.5, 0.6) is 0 Å². The van der Waals surface area contributed by atoms with Crippen LogP contribution in [0.15, 0.2) is 95.5 Å². The first kappa shape index (κ1) is 20.6. The third kappa shape index (κ3) is 3.44. The van der Waals surface area contributed by atoms with Gasteiger partial charge in [-0.1, -0.05) is 88.7 Å². The fraction of sp³-hybridized carbons (Fsp3) is 0.111. The minimum absolute atomic E-state index is 0.288. The van der Waals surface area contributed by atoms with E-state index in [1.807, 2.05) is 60.7 Å². The van der Waals surface area contributed by atoms with Gasteiger partial charge in [-0.3, -0.25) is 9.59 Å². The highest BCUT2D eigenvalue weighted by Gasteiger charge is 2.50. The van der Waals surface area contributed by atoms with Crippen molar-refractivity contribution in [2.24, 2.45) is 0 Å². The van der Waals surface area contributed by atoms with Crippen molar-refractivity contribution in [3.63, 3.8) is 0 Å². The predicted molar refractivity (Wildman–Crippen MR) is 129 cm³/mol. The quantitative estimate of drug-likeness (QED) is 0.373. The van der Waals surface area contributed by atoms with E-state index in [9.17, 15) is 14.7 Å². The number of aliphatic hydroxyl groups is 1. The summed E-state index contributed by atoms with van der Waals surface area (Å²) in [5.41, 5.74) is 0.628. The van der Waals surface area contributed by atoms with Crippen LogP contribution in [0.2, 0.25) is 0 Å². The molecule has 32 heavy (non-hydrogen) atoms. The van der Waals surface area contributed by atoms with Crippen LogP contribution in [0, 0.1) is 0 Å². The van der Waals surface area contributed by atoms with E-state index in [1.165, 1.54) is 0 Å². The highest BCUT2D eigenvalue weighted by Crippen LogP contribution is 2.44. The summed E-state index contributed by atoms with van der Waals surface area (Å²) in [7, 11) is 0. The Balaban J connectivity index is 1.52. The Bertz CT molecular complexity index is 1360. The SMILES string of the molecule is O=C(C[C@@]1(O)C(=O)N(Cc2cccc3ccccc23)c2ccccc21)c1cccc(Br)c1. The summed E-state index contributed by atoms with van der Waals surface area (Å²) in [4.78, 5) is 28.2. The van der Waals surface area contributed by atoms with Gasteiger partial charge in [-0.25, -0.2) is 0 Å². The summed E-state index contributed by atoms with van der Waals surface area (Å²) < 4.78 is 0.770. The van der Waals surface area contributed by atoms with E-state index >= 15 is 0 Å². The van der Waals surface area contributed by atoms with Crippen LogP contribution >= 0.6 is 15.9 Å². The minimum Gasteiger partial charge on any atom is -0.375 e. The van der Waals surface area contributed by atoms with E-state index in [2.05, 4.69) is 15.9 Å². The number of rotatable bonds is 5. The maximum atomic E-state index is 13.6. The molecule has 0 aromatic heterocycles. The molecule has 1 aliphatic heterocycles. The molecule has 0 fully saturated rings. The number of fused-ring (bicyclic) bond motifs is 2. The summed E-state index contributed by atoms with van der Waals surface area (Å²) in [6.07, 6.45) is -0.314. The standard InChI is InChI=1S/C27H20BrNO3/c28-21-11-6-9-19(15-21)25(30)16-27(32)23-13-3-4-14-24(23)29(26(27)31)17-20-10-5-8-18-7-1-2-12-22(18)20/h1-15,32H,16-17H2/t27-/m0/s1. The first-order valence-electron chi connectivity index (χ1n) is 10.4. The van der Waals surface area contributed by atoms with Crippen LogP contribution < -0.4 is 4.90 Å². The third-order valence-corrected chi connectivity index (χ3v) is 6.50. The first-order chi connectivity index (χ1) is 15.5. The highest BCUT2D eigenvalue weighted by atomic mass is 79.9. The van der Waals surface area contributed by atoms with Gasteiger partial charge in [0, 0.05) is 15.6 Å². The lowest BCUT2D eigenvalue weighted by Crippen LogP contribution is -2.41. The lowest BCUT2D eigenvalue weighted by Gasteiger charge is -2.23. The molecule has 158 valence electrons. The molecule has 1 atom stereocenters. The number of hydrogen-bond acceptors (Lipinski definition) is 3. The first-order valence-corrected chi connectivity index (χ1v) is 11.2. The van der Waals surface area contributed by atoms with Gasteiger partial charge in [0.25, 0.3) is 5.91 Å². The van der Waals surface area contributed by atoms with E-state index in [0.29, 0.717) is 23.4 Å². The molecule has 4 aromatic carbocycles. The van der Waals surface area contributed by atoms with Gasteiger partial charge in [-0.05, 0) is 34.5 Å². The van der Waals surface area contributed by atoms with Crippen molar-refractivity contribution < 1.29 is 14.7 Å². The van der Waals surface area contributed by atoms with Crippen LogP contribution in [0.25, 0.3) is 10.8 Å². The van der Waals surface area contributed by atoms with E-state index in [4.69, 9.17) is 0 Å². The molecule has 0 aliphatic carbocycles. The number of carbonyl (C=O) groups excluding carboxylic acids is 2. The van der Waals surface area contributed by atoms with Crippen molar-refractivity contribution in [3.8, 4) is 0 Å².